The summed E-state index contributed by atoms with van der Waals surface area (Å²) in [7, 11) is 0. The summed E-state index contributed by atoms with van der Waals surface area (Å²) in [6.45, 7) is 8.79. The van der Waals surface area contributed by atoms with Crippen molar-refractivity contribution < 1.29 is 4.79 Å². The first kappa shape index (κ1) is 24.8. The Labute approximate surface area is 198 Å². The first-order valence-corrected chi connectivity index (χ1v) is 11.3. The molecule has 1 amide bonds. The van der Waals surface area contributed by atoms with E-state index in [1.807, 2.05) is 0 Å². The van der Waals surface area contributed by atoms with Crippen LogP contribution in [-0.2, 0) is 4.79 Å². The van der Waals surface area contributed by atoms with E-state index >= 15 is 0 Å². The highest BCUT2D eigenvalue weighted by Crippen LogP contribution is 2.26. The molecule has 0 radical (unpaired) electrons. The summed E-state index contributed by atoms with van der Waals surface area (Å²) in [5.74, 6) is 1.31. The number of hydrogen-bond acceptors (Lipinski definition) is 3. The van der Waals surface area contributed by atoms with Crippen LogP contribution in [0.5, 0.6) is 0 Å². The van der Waals surface area contributed by atoms with Gasteiger partial charge in [0.25, 0.3) is 0 Å². The van der Waals surface area contributed by atoms with Crippen LogP contribution in [0, 0.1) is 5.92 Å². The summed E-state index contributed by atoms with van der Waals surface area (Å²) >= 11 is 0. The van der Waals surface area contributed by atoms with Gasteiger partial charge in [0.15, 0.2) is 5.96 Å². The summed E-state index contributed by atoms with van der Waals surface area (Å²) in [5, 5.41) is 9.89. The number of amides is 1. The minimum atomic E-state index is 0. The maximum Gasteiger partial charge on any atom is 0.223 e. The highest BCUT2D eigenvalue weighted by molar-refractivity contribution is 14.0. The first-order chi connectivity index (χ1) is 14.2. The number of nitrogens with one attached hydrogen (secondary N) is 3. The molecule has 0 aromatic heterocycles. The predicted molar refractivity (Wildman–Crippen MR) is 136 cm³/mol. The SMILES string of the molecule is CCNC(=NCCCNC(=O)C1CCC1)NC(C)c1cccc(N2CCCC2)c1.I. The van der Waals surface area contributed by atoms with Gasteiger partial charge in [0.05, 0.1) is 6.04 Å². The van der Waals surface area contributed by atoms with Gasteiger partial charge >= 0.3 is 0 Å². The van der Waals surface area contributed by atoms with Crippen LogP contribution < -0.4 is 20.9 Å². The number of nitrogens with zero attached hydrogens (tertiary/aromatic N) is 2. The molecule has 7 heteroatoms. The van der Waals surface area contributed by atoms with Gasteiger partial charge in [-0.2, -0.15) is 0 Å². The molecule has 1 saturated heterocycles. The fourth-order valence-corrected chi connectivity index (χ4v) is 3.87. The third-order valence-corrected chi connectivity index (χ3v) is 5.92. The lowest BCUT2D eigenvalue weighted by Crippen LogP contribution is -2.39. The molecule has 1 heterocycles. The lowest BCUT2D eigenvalue weighted by atomic mass is 9.85. The number of carbonyl (C=O) groups is 1. The number of benzene rings is 1. The van der Waals surface area contributed by atoms with Gasteiger partial charge in [-0.3, -0.25) is 9.79 Å². The molecule has 1 aliphatic carbocycles. The van der Waals surface area contributed by atoms with Gasteiger partial charge in [-0.1, -0.05) is 18.6 Å². The van der Waals surface area contributed by atoms with E-state index in [4.69, 9.17) is 0 Å². The van der Waals surface area contributed by atoms with Gasteiger partial charge in [-0.25, -0.2) is 0 Å². The molecule has 1 aromatic rings. The van der Waals surface area contributed by atoms with Crippen molar-refractivity contribution in [1.29, 1.82) is 0 Å². The molecular formula is C23H38IN5O. The normalized spacial score (nSPS) is 17.7. The van der Waals surface area contributed by atoms with Gasteiger partial charge < -0.3 is 20.9 Å². The van der Waals surface area contributed by atoms with Crippen molar-refractivity contribution in [3.05, 3.63) is 29.8 Å². The third kappa shape index (κ3) is 7.32. The van der Waals surface area contributed by atoms with E-state index in [0.29, 0.717) is 13.1 Å². The standard InChI is InChI=1S/C23H37N5O.HI/c1-3-24-23(26-14-8-13-25-22(29)19-9-6-10-19)27-18(2)20-11-7-12-21(17-20)28-15-4-5-16-28;/h7,11-12,17-19H,3-6,8-10,13-16H2,1-2H3,(H,25,29)(H2,24,26,27);1H. The summed E-state index contributed by atoms with van der Waals surface area (Å²) in [6, 6.07) is 9.00. The van der Waals surface area contributed by atoms with Crippen LogP contribution in [0.2, 0.25) is 0 Å². The number of hydrogen-bond donors (Lipinski definition) is 3. The van der Waals surface area contributed by atoms with Gasteiger partial charge in [0.1, 0.15) is 0 Å². The zero-order chi connectivity index (χ0) is 20.5. The molecule has 1 aromatic carbocycles. The highest BCUT2D eigenvalue weighted by atomic mass is 127. The molecule has 1 atom stereocenters. The first-order valence-electron chi connectivity index (χ1n) is 11.3. The molecule has 1 unspecified atom stereocenters. The summed E-state index contributed by atoms with van der Waals surface area (Å²) in [6.07, 6.45) is 6.73. The highest BCUT2D eigenvalue weighted by Gasteiger charge is 2.24. The number of guanidine groups is 1. The maximum atomic E-state index is 11.9. The van der Waals surface area contributed by atoms with Crippen LogP contribution in [0.1, 0.15) is 64.0 Å². The number of aliphatic imine (C=N–C) groups is 1. The molecule has 0 bridgehead atoms. The fourth-order valence-electron chi connectivity index (χ4n) is 3.87. The van der Waals surface area contributed by atoms with E-state index in [1.165, 1.54) is 30.5 Å². The van der Waals surface area contributed by atoms with Crippen LogP contribution in [0.25, 0.3) is 0 Å². The zero-order valence-electron chi connectivity index (χ0n) is 18.5. The van der Waals surface area contributed by atoms with E-state index in [-0.39, 0.29) is 41.8 Å². The Balaban J connectivity index is 0.00000320. The molecule has 1 aliphatic heterocycles. The van der Waals surface area contributed by atoms with Crippen LogP contribution >= 0.6 is 24.0 Å². The lowest BCUT2D eigenvalue weighted by molar-refractivity contribution is -0.127. The largest absolute Gasteiger partial charge is 0.372 e. The van der Waals surface area contributed by atoms with Crippen molar-refractivity contribution in [2.75, 3.05) is 37.6 Å². The molecule has 6 nitrogen and oxygen atoms in total. The van der Waals surface area contributed by atoms with Gasteiger partial charge in [0, 0.05) is 44.3 Å². The quantitative estimate of drug-likeness (QED) is 0.198. The van der Waals surface area contributed by atoms with E-state index in [2.05, 4.69) is 64.0 Å². The molecular weight excluding hydrogens is 489 g/mol. The van der Waals surface area contributed by atoms with Gasteiger partial charge in [-0.05, 0) is 63.6 Å². The van der Waals surface area contributed by atoms with Crippen molar-refractivity contribution in [1.82, 2.24) is 16.0 Å². The van der Waals surface area contributed by atoms with Crippen molar-refractivity contribution in [3.63, 3.8) is 0 Å². The van der Waals surface area contributed by atoms with Crippen LogP contribution in [-0.4, -0.2) is 44.6 Å². The van der Waals surface area contributed by atoms with E-state index in [0.717, 1.165) is 44.9 Å². The molecule has 2 fully saturated rings. The van der Waals surface area contributed by atoms with Crippen LogP contribution in [0.15, 0.2) is 29.3 Å². The minimum absolute atomic E-state index is 0. The molecule has 0 spiro atoms. The average Bonchev–Trinajstić information content (AvgIpc) is 3.21. The van der Waals surface area contributed by atoms with E-state index in [1.54, 1.807) is 0 Å². The second-order valence-electron chi connectivity index (χ2n) is 8.19. The number of carbonyl (C=O) groups excluding carboxylic acids is 1. The Kier molecular flexibility index (Phi) is 10.7. The van der Waals surface area contributed by atoms with Gasteiger partial charge in [-0.15, -0.1) is 24.0 Å². The average molecular weight is 527 g/mol. The summed E-state index contributed by atoms with van der Waals surface area (Å²) in [4.78, 5) is 19.0. The molecule has 168 valence electrons. The molecule has 2 aliphatic rings. The second-order valence-corrected chi connectivity index (χ2v) is 8.19. The van der Waals surface area contributed by atoms with Crippen molar-refractivity contribution >= 4 is 41.5 Å². The van der Waals surface area contributed by atoms with Crippen LogP contribution in [0.3, 0.4) is 0 Å². The number of halogens is 1. The Morgan fingerprint density at radius 1 is 1.20 bits per heavy atom. The van der Waals surface area contributed by atoms with Crippen molar-refractivity contribution in [2.45, 2.75) is 58.4 Å². The molecule has 3 rings (SSSR count). The fraction of sp³-hybridized carbons (Fsp3) is 0.652. The molecule has 30 heavy (non-hydrogen) atoms. The van der Waals surface area contributed by atoms with E-state index in [9.17, 15) is 4.79 Å². The monoisotopic (exact) mass is 527 g/mol. The Hall–Kier alpha value is -1.51. The number of anilines is 1. The Morgan fingerprint density at radius 2 is 1.97 bits per heavy atom. The molecule has 3 N–H and O–H groups in total. The lowest BCUT2D eigenvalue weighted by Gasteiger charge is -2.24. The minimum Gasteiger partial charge on any atom is -0.372 e. The van der Waals surface area contributed by atoms with Crippen molar-refractivity contribution in [3.8, 4) is 0 Å². The predicted octanol–water partition coefficient (Wildman–Crippen LogP) is 3.83. The summed E-state index contributed by atoms with van der Waals surface area (Å²) in [5.41, 5.74) is 2.59. The second kappa shape index (κ2) is 13.0. The smallest absolute Gasteiger partial charge is 0.223 e. The van der Waals surface area contributed by atoms with Crippen LogP contribution in [0.4, 0.5) is 5.69 Å². The van der Waals surface area contributed by atoms with Crippen molar-refractivity contribution in [2.24, 2.45) is 10.9 Å². The Morgan fingerprint density at radius 3 is 2.63 bits per heavy atom. The Bertz CT molecular complexity index is 686. The third-order valence-electron chi connectivity index (χ3n) is 5.92. The topological polar surface area (TPSA) is 68.8 Å². The number of rotatable bonds is 9. The zero-order valence-corrected chi connectivity index (χ0v) is 20.8. The van der Waals surface area contributed by atoms with Gasteiger partial charge in [0.2, 0.25) is 5.91 Å². The molecule has 1 saturated carbocycles. The maximum absolute atomic E-state index is 11.9. The van der Waals surface area contributed by atoms with E-state index < -0.39 is 0 Å². The summed E-state index contributed by atoms with van der Waals surface area (Å²) < 4.78 is 0.